The van der Waals surface area contributed by atoms with Crippen LogP contribution >= 0.6 is 0 Å². The van der Waals surface area contributed by atoms with Crippen molar-refractivity contribution in [3.8, 4) is 0 Å². The first-order valence-corrected chi connectivity index (χ1v) is 6.98. The van der Waals surface area contributed by atoms with Crippen LogP contribution in [0.4, 0.5) is 0 Å². The predicted molar refractivity (Wildman–Crippen MR) is 71.6 cm³/mol. The van der Waals surface area contributed by atoms with E-state index in [0.717, 1.165) is 32.5 Å². The lowest BCUT2D eigenvalue weighted by atomic mass is 10.1. The fourth-order valence-corrected chi connectivity index (χ4v) is 2.03. The van der Waals surface area contributed by atoms with E-state index in [4.69, 9.17) is 15.2 Å². The minimum atomic E-state index is -0.423. The fourth-order valence-electron chi connectivity index (χ4n) is 2.03. The molecular weight excluding hydrogens is 232 g/mol. The minimum absolute atomic E-state index is 0.0331. The van der Waals surface area contributed by atoms with Gasteiger partial charge in [-0.25, -0.2) is 0 Å². The lowest BCUT2D eigenvalue weighted by molar-refractivity contribution is -0.0575. The van der Waals surface area contributed by atoms with E-state index < -0.39 is 6.10 Å². The largest absolute Gasteiger partial charge is 0.389 e. The van der Waals surface area contributed by atoms with E-state index in [1.54, 1.807) is 0 Å². The maximum atomic E-state index is 9.89. The van der Waals surface area contributed by atoms with Crippen molar-refractivity contribution >= 4 is 0 Å². The van der Waals surface area contributed by atoms with Crippen LogP contribution < -0.4 is 5.73 Å². The van der Waals surface area contributed by atoms with Crippen molar-refractivity contribution in [2.75, 3.05) is 39.5 Å². The van der Waals surface area contributed by atoms with E-state index in [-0.39, 0.29) is 12.1 Å². The molecule has 108 valence electrons. The zero-order chi connectivity index (χ0) is 13.4. The van der Waals surface area contributed by atoms with Gasteiger partial charge < -0.3 is 20.3 Å². The second-order valence-corrected chi connectivity index (χ2v) is 5.11. The summed E-state index contributed by atoms with van der Waals surface area (Å²) in [7, 11) is 0. The van der Waals surface area contributed by atoms with Gasteiger partial charge in [0.1, 0.15) is 0 Å². The first-order chi connectivity index (χ1) is 8.63. The third-order valence-electron chi connectivity index (χ3n) is 3.19. The van der Waals surface area contributed by atoms with Crippen molar-refractivity contribution in [3.05, 3.63) is 0 Å². The molecule has 18 heavy (non-hydrogen) atoms. The van der Waals surface area contributed by atoms with Gasteiger partial charge in [-0.1, -0.05) is 13.3 Å². The van der Waals surface area contributed by atoms with Crippen molar-refractivity contribution in [1.29, 1.82) is 0 Å². The molecule has 0 radical (unpaired) electrons. The summed E-state index contributed by atoms with van der Waals surface area (Å²) in [4.78, 5) is 2.20. The number of nitrogens with two attached hydrogens (primary N) is 1. The van der Waals surface area contributed by atoms with Gasteiger partial charge in [0.15, 0.2) is 0 Å². The number of ether oxygens (including phenoxy) is 2. The number of unbranched alkanes of at least 4 members (excludes halogenated alkanes) is 1. The smallest absolute Gasteiger partial charge is 0.0900 e. The molecule has 5 heteroatoms. The normalized spacial score (nSPS) is 25.0. The Labute approximate surface area is 110 Å². The van der Waals surface area contributed by atoms with Crippen molar-refractivity contribution in [1.82, 2.24) is 4.90 Å². The zero-order valence-electron chi connectivity index (χ0n) is 11.7. The quantitative estimate of drug-likeness (QED) is 0.611. The first-order valence-electron chi connectivity index (χ1n) is 6.98. The molecule has 0 spiro atoms. The van der Waals surface area contributed by atoms with E-state index in [0.29, 0.717) is 19.8 Å². The highest BCUT2D eigenvalue weighted by Gasteiger charge is 2.24. The molecule has 0 saturated carbocycles. The van der Waals surface area contributed by atoms with Gasteiger partial charge in [-0.2, -0.15) is 0 Å². The monoisotopic (exact) mass is 260 g/mol. The molecular formula is C13H28N2O3. The van der Waals surface area contributed by atoms with Gasteiger partial charge in [-0.3, -0.25) is 4.90 Å². The van der Waals surface area contributed by atoms with Crippen LogP contribution in [0.15, 0.2) is 0 Å². The van der Waals surface area contributed by atoms with Crippen LogP contribution in [-0.4, -0.2) is 67.7 Å². The SMILES string of the molecule is CCCCOCC(O)CN1CCOC(C(C)N)C1. The Morgan fingerprint density at radius 1 is 1.56 bits per heavy atom. The molecule has 1 saturated heterocycles. The third-order valence-corrected chi connectivity index (χ3v) is 3.19. The van der Waals surface area contributed by atoms with Gasteiger partial charge in [-0.15, -0.1) is 0 Å². The lowest BCUT2D eigenvalue weighted by Crippen LogP contribution is -2.51. The molecule has 0 aromatic heterocycles. The fraction of sp³-hybridized carbons (Fsp3) is 1.00. The number of hydrogen-bond donors (Lipinski definition) is 2. The van der Waals surface area contributed by atoms with Crippen LogP contribution in [0, 0.1) is 0 Å². The van der Waals surface area contributed by atoms with Crippen molar-refractivity contribution in [2.24, 2.45) is 5.73 Å². The lowest BCUT2D eigenvalue weighted by Gasteiger charge is -2.35. The van der Waals surface area contributed by atoms with Gasteiger partial charge in [0.2, 0.25) is 0 Å². The summed E-state index contributed by atoms with van der Waals surface area (Å²) in [6.07, 6.45) is 1.83. The van der Waals surface area contributed by atoms with Gasteiger partial charge in [-0.05, 0) is 13.3 Å². The highest BCUT2D eigenvalue weighted by molar-refractivity contribution is 4.78. The Morgan fingerprint density at radius 3 is 3.00 bits per heavy atom. The number of morpholine rings is 1. The van der Waals surface area contributed by atoms with Gasteiger partial charge in [0.05, 0.1) is 25.4 Å². The van der Waals surface area contributed by atoms with Crippen molar-refractivity contribution in [2.45, 2.75) is 44.9 Å². The van der Waals surface area contributed by atoms with Crippen LogP contribution in [0.3, 0.4) is 0 Å². The molecule has 0 aromatic carbocycles. The standard InChI is InChI=1S/C13H28N2O3/c1-3-4-6-17-10-12(16)8-15-5-7-18-13(9-15)11(2)14/h11-13,16H,3-10,14H2,1-2H3. The number of β-amino-alcohol motifs (C(OH)–C–C–N with tert-alkyl or cyclic N) is 1. The summed E-state index contributed by atoms with van der Waals surface area (Å²) in [5.41, 5.74) is 5.83. The number of nitrogens with zero attached hydrogens (tertiary/aromatic N) is 1. The number of aliphatic hydroxyl groups excluding tert-OH is 1. The summed E-state index contributed by atoms with van der Waals surface area (Å²) in [6.45, 7) is 8.21. The van der Waals surface area contributed by atoms with Crippen molar-refractivity contribution < 1.29 is 14.6 Å². The summed E-state index contributed by atoms with van der Waals surface area (Å²) >= 11 is 0. The Morgan fingerprint density at radius 2 is 2.33 bits per heavy atom. The first kappa shape index (κ1) is 15.9. The number of rotatable bonds is 8. The van der Waals surface area contributed by atoms with Crippen LogP contribution in [0.2, 0.25) is 0 Å². The summed E-state index contributed by atoms with van der Waals surface area (Å²) < 4.78 is 11.0. The number of hydrogen-bond acceptors (Lipinski definition) is 5. The molecule has 3 N–H and O–H groups in total. The molecule has 1 heterocycles. The molecule has 1 aliphatic heterocycles. The van der Waals surface area contributed by atoms with Crippen LogP contribution in [0.25, 0.3) is 0 Å². The summed E-state index contributed by atoms with van der Waals surface area (Å²) in [5.74, 6) is 0. The topological polar surface area (TPSA) is 68.0 Å². The Balaban J connectivity index is 2.16. The molecule has 0 amide bonds. The summed E-state index contributed by atoms with van der Waals surface area (Å²) in [6, 6.07) is 0.0331. The number of aliphatic hydroxyl groups is 1. The maximum Gasteiger partial charge on any atom is 0.0900 e. The van der Waals surface area contributed by atoms with E-state index in [1.807, 2.05) is 6.92 Å². The second kappa shape index (κ2) is 8.82. The van der Waals surface area contributed by atoms with Crippen LogP contribution in [-0.2, 0) is 9.47 Å². The average molecular weight is 260 g/mol. The molecule has 5 nitrogen and oxygen atoms in total. The molecule has 0 bridgehead atoms. The Bertz CT molecular complexity index is 214. The van der Waals surface area contributed by atoms with E-state index >= 15 is 0 Å². The highest BCUT2D eigenvalue weighted by atomic mass is 16.5. The minimum Gasteiger partial charge on any atom is -0.389 e. The van der Waals surface area contributed by atoms with Gasteiger partial charge in [0, 0.05) is 32.3 Å². The van der Waals surface area contributed by atoms with E-state index in [1.165, 1.54) is 0 Å². The molecule has 0 aliphatic carbocycles. The molecule has 0 aromatic rings. The van der Waals surface area contributed by atoms with Gasteiger partial charge in [0.25, 0.3) is 0 Å². The molecule has 1 rings (SSSR count). The molecule has 3 atom stereocenters. The van der Waals surface area contributed by atoms with E-state index in [9.17, 15) is 5.11 Å². The van der Waals surface area contributed by atoms with E-state index in [2.05, 4.69) is 11.8 Å². The van der Waals surface area contributed by atoms with Crippen LogP contribution in [0.5, 0.6) is 0 Å². The summed E-state index contributed by atoms with van der Waals surface area (Å²) in [5, 5.41) is 9.89. The highest BCUT2D eigenvalue weighted by Crippen LogP contribution is 2.08. The Hall–Kier alpha value is -0.200. The zero-order valence-corrected chi connectivity index (χ0v) is 11.7. The second-order valence-electron chi connectivity index (χ2n) is 5.11. The molecule has 1 fully saturated rings. The van der Waals surface area contributed by atoms with Crippen LogP contribution in [0.1, 0.15) is 26.7 Å². The molecule has 3 unspecified atom stereocenters. The predicted octanol–water partition coefficient (Wildman–Crippen LogP) is 0.212. The van der Waals surface area contributed by atoms with Gasteiger partial charge >= 0.3 is 0 Å². The molecule has 1 aliphatic rings. The van der Waals surface area contributed by atoms with Crippen molar-refractivity contribution in [3.63, 3.8) is 0 Å². The Kier molecular flexibility index (Phi) is 7.77. The third kappa shape index (κ3) is 6.11. The maximum absolute atomic E-state index is 9.89. The average Bonchev–Trinajstić information content (AvgIpc) is 2.35.